The topological polar surface area (TPSA) is 72.0 Å². The first kappa shape index (κ1) is 18.2. The van der Waals surface area contributed by atoms with Crippen molar-refractivity contribution in [3.63, 3.8) is 0 Å². The summed E-state index contributed by atoms with van der Waals surface area (Å²) >= 11 is 0. The Kier molecular flexibility index (Phi) is 5.11. The molecule has 5 nitrogen and oxygen atoms in total. The number of hydrogen-bond donors (Lipinski definition) is 1. The fourth-order valence-corrected chi connectivity index (χ4v) is 3.49. The Morgan fingerprint density at radius 3 is 2.38 bits per heavy atom. The van der Waals surface area contributed by atoms with Crippen LogP contribution < -0.4 is 4.72 Å². The summed E-state index contributed by atoms with van der Waals surface area (Å²) in [5, 5.41) is 0. The molecule has 1 heterocycles. The average molecular weight is 371 g/mol. The van der Waals surface area contributed by atoms with E-state index < -0.39 is 10.0 Å². The monoisotopic (exact) mass is 371 g/mol. The van der Waals surface area contributed by atoms with Gasteiger partial charge in [0.25, 0.3) is 0 Å². The highest BCUT2D eigenvalue weighted by molar-refractivity contribution is 7.89. The van der Waals surface area contributed by atoms with E-state index in [9.17, 15) is 12.8 Å². The van der Waals surface area contributed by atoms with Crippen LogP contribution in [0.1, 0.15) is 16.8 Å². The Labute approximate surface area is 152 Å². The zero-order chi connectivity index (χ0) is 18.7. The lowest BCUT2D eigenvalue weighted by Gasteiger charge is -2.09. The molecule has 2 aromatic carbocycles. The van der Waals surface area contributed by atoms with Gasteiger partial charge in [0.15, 0.2) is 0 Å². The van der Waals surface area contributed by atoms with Gasteiger partial charge in [-0.2, -0.15) is 0 Å². The molecule has 0 bridgehead atoms. The van der Waals surface area contributed by atoms with Gasteiger partial charge in [0, 0.05) is 5.56 Å². The van der Waals surface area contributed by atoms with Gasteiger partial charge in [-0.05, 0) is 67.4 Å². The van der Waals surface area contributed by atoms with Crippen LogP contribution in [0.15, 0.2) is 59.8 Å². The summed E-state index contributed by atoms with van der Waals surface area (Å²) in [5.74, 6) is -0.329. The van der Waals surface area contributed by atoms with Crippen molar-refractivity contribution < 1.29 is 12.8 Å². The first-order chi connectivity index (χ1) is 12.3. The van der Waals surface area contributed by atoms with E-state index in [1.54, 1.807) is 36.4 Å². The van der Waals surface area contributed by atoms with E-state index in [0.717, 1.165) is 16.7 Å². The second kappa shape index (κ2) is 7.31. The maximum atomic E-state index is 13.0. The number of aryl methyl sites for hydroxylation is 2. The van der Waals surface area contributed by atoms with Crippen LogP contribution in [0.3, 0.4) is 0 Å². The first-order valence-electron chi connectivity index (χ1n) is 7.99. The van der Waals surface area contributed by atoms with Crippen molar-refractivity contribution in [2.75, 3.05) is 0 Å². The van der Waals surface area contributed by atoms with Crippen LogP contribution in [0, 0.1) is 19.7 Å². The largest absolute Gasteiger partial charge is 0.240 e. The minimum absolute atomic E-state index is 0.0337. The van der Waals surface area contributed by atoms with E-state index in [-0.39, 0.29) is 17.3 Å². The molecule has 0 unspecified atom stereocenters. The quantitative estimate of drug-likeness (QED) is 0.746. The van der Waals surface area contributed by atoms with Gasteiger partial charge in [-0.1, -0.05) is 6.07 Å². The zero-order valence-electron chi connectivity index (χ0n) is 14.4. The van der Waals surface area contributed by atoms with Gasteiger partial charge < -0.3 is 0 Å². The number of nitrogens with zero attached hydrogens (tertiary/aromatic N) is 2. The number of aromatic nitrogens is 2. The molecule has 0 atom stereocenters. The highest BCUT2D eigenvalue weighted by Crippen LogP contribution is 2.18. The van der Waals surface area contributed by atoms with Crippen molar-refractivity contribution in [3.05, 3.63) is 77.5 Å². The molecule has 3 aromatic rings. The molecule has 0 aliphatic heterocycles. The van der Waals surface area contributed by atoms with E-state index in [0.29, 0.717) is 11.4 Å². The summed E-state index contributed by atoms with van der Waals surface area (Å²) in [4.78, 5) is 8.47. The summed E-state index contributed by atoms with van der Waals surface area (Å²) in [6.45, 7) is 3.83. The highest BCUT2D eigenvalue weighted by Gasteiger charge is 2.15. The number of halogens is 1. The van der Waals surface area contributed by atoms with Gasteiger partial charge in [0.1, 0.15) is 12.1 Å². The standard InChI is InChI=1S/C19H18FN3O2S/c1-13-3-8-18(9-14(13)2)26(24,25)23-11-17-10-19(22-12-21-17)15-4-6-16(20)7-5-15/h3-10,12,23H,11H2,1-2H3. The Bertz CT molecular complexity index is 1030. The van der Waals surface area contributed by atoms with Crippen LogP contribution in [0.25, 0.3) is 11.3 Å². The van der Waals surface area contributed by atoms with Crippen LogP contribution in [-0.2, 0) is 16.6 Å². The van der Waals surface area contributed by atoms with Gasteiger partial charge in [-0.25, -0.2) is 27.5 Å². The van der Waals surface area contributed by atoms with Crippen LogP contribution in [0.4, 0.5) is 4.39 Å². The SMILES string of the molecule is Cc1ccc(S(=O)(=O)NCc2cc(-c3ccc(F)cc3)ncn2)cc1C. The van der Waals surface area contributed by atoms with E-state index >= 15 is 0 Å². The molecular formula is C19H18FN3O2S. The molecule has 1 aromatic heterocycles. The Hall–Kier alpha value is -2.64. The minimum atomic E-state index is -3.64. The fourth-order valence-electron chi connectivity index (χ4n) is 2.41. The van der Waals surface area contributed by atoms with Gasteiger partial charge in [-0.15, -0.1) is 0 Å². The summed E-state index contributed by atoms with van der Waals surface area (Å²) in [7, 11) is -3.64. The fraction of sp³-hybridized carbons (Fsp3) is 0.158. The number of hydrogen-bond acceptors (Lipinski definition) is 4. The van der Waals surface area contributed by atoms with Crippen LogP contribution in [0.5, 0.6) is 0 Å². The van der Waals surface area contributed by atoms with Crippen LogP contribution in [-0.4, -0.2) is 18.4 Å². The lowest BCUT2D eigenvalue weighted by molar-refractivity contribution is 0.580. The third kappa shape index (κ3) is 4.12. The Balaban J connectivity index is 1.78. The van der Waals surface area contributed by atoms with E-state index in [4.69, 9.17) is 0 Å². The van der Waals surface area contributed by atoms with Crippen molar-refractivity contribution >= 4 is 10.0 Å². The predicted octanol–water partition coefficient (Wildman–Crippen LogP) is 3.38. The number of sulfonamides is 1. The second-order valence-corrected chi connectivity index (χ2v) is 7.74. The lowest BCUT2D eigenvalue weighted by Crippen LogP contribution is -2.24. The summed E-state index contributed by atoms with van der Waals surface area (Å²) < 4.78 is 40.5. The Morgan fingerprint density at radius 2 is 1.69 bits per heavy atom. The van der Waals surface area contributed by atoms with Crippen molar-refractivity contribution in [1.29, 1.82) is 0 Å². The molecule has 0 saturated heterocycles. The van der Waals surface area contributed by atoms with Crippen molar-refractivity contribution in [1.82, 2.24) is 14.7 Å². The summed E-state index contributed by atoms with van der Waals surface area (Å²) in [6.07, 6.45) is 1.36. The summed E-state index contributed by atoms with van der Waals surface area (Å²) in [5.41, 5.74) is 3.79. The molecule has 0 amide bonds. The number of rotatable bonds is 5. The smallest absolute Gasteiger partial charge is 0.240 e. The molecule has 0 saturated carbocycles. The van der Waals surface area contributed by atoms with Crippen LogP contribution >= 0.6 is 0 Å². The van der Waals surface area contributed by atoms with Gasteiger partial charge in [0.2, 0.25) is 10.0 Å². The normalized spacial score (nSPS) is 11.5. The van der Waals surface area contributed by atoms with E-state index in [1.165, 1.54) is 18.5 Å². The van der Waals surface area contributed by atoms with Crippen LogP contribution in [0.2, 0.25) is 0 Å². The van der Waals surface area contributed by atoms with Gasteiger partial charge in [0.05, 0.1) is 22.8 Å². The molecule has 7 heteroatoms. The van der Waals surface area contributed by atoms with Gasteiger partial charge >= 0.3 is 0 Å². The van der Waals surface area contributed by atoms with E-state index in [1.807, 2.05) is 13.8 Å². The molecule has 134 valence electrons. The maximum absolute atomic E-state index is 13.0. The molecule has 0 aliphatic rings. The molecule has 1 N–H and O–H groups in total. The Morgan fingerprint density at radius 1 is 0.962 bits per heavy atom. The van der Waals surface area contributed by atoms with E-state index in [2.05, 4.69) is 14.7 Å². The number of nitrogens with one attached hydrogen (secondary N) is 1. The second-order valence-electron chi connectivity index (χ2n) is 5.97. The lowest BCUT2D eigenvalue weighted by atomic mass is 10.1. The molecule has 3 rings (SSSR count). The molecule has 26 heavy (non-hydrogen) atoms. The van der Waals surface area contributed by atoms with Crippen molar-refractivity contribution in [3.8, 4) is 11.3 Å². The molecule has 0 fully saturated rings. The first-order valence-corrected chi connectivity index (χ1v) is 9.47. The zero-order valence-corrected chi connectivity index (χ0v) is 15.2. The van der Waals surface area contributed by atoms with Gasteiger partial charge in [-0.3, -0.25) is 0 Å². The summed E-state index contributed by atoms with van der Waals surface area (Å²) in [6, 6.07) is 12.6. The minimum Gasteiger partial charge on any atom is -0.240 e. The number of benzene rings is 2. The third-order valence-electron chi connectivity index (χ3n) is 4.10. The average Bonchev–Trinajstić information content (AvgIpc) is 2.63. The highest BCUT2D eigenvalue weighted by atomic mass is 32.2. The third-order valence-corrected chi connectivity index (χ3v) is 5.49. The van der Waals surface area contributed by atoms with Crippen molar-refractivity contribution in [2.45, 2.75) is 25.3 Å². The maximum Gasteiger partial charge on any atom is 0.240 e. The molecule has 0 radical (unpaired) electrons. The molecule has 0 spiro atoms. The predicted molar refractivity (Wildman–Crippen MR) is 97.4 cm³/mol. The van der Waals surface area contributed by atoms with Crippen molar-refractivity contribution in [2.24, 2.45) is 0 Å². The molecule has 0 aliphatic carbocycles. The molecular weight excluding hydrogens is 353 g/mol.